The summed E-state index contributed by atoms with van der Waals surface area (Å²) < 4.78 is 6.39. The Hall–Kier alpha value is -3.38. The second-order valence-corrected chi connectivity index (χ2v) is 10.4. The number of hydrogen-bond acceptors (Lipinski definition) is 3. The Morgan fingerprint density at radius 3 is 2.18 bits per heavy atom. The Bertz CT molecular complexity index is 1330. The number of carboxylic acids is 1. The third-order valence-electron chi connectivity index (χ3n) is 6.67. The summed E-state index contributed by atoms with van der Waals surface area (Å²) in [7, 11) is 4.20. The summed E-state index contributed by atoms with van der Waals surface area (Å²) in [5, 5.41) is 22.0. The standard InChI is InChI=1S/C25H29NO4.C7H6.ClH/c1-26(2,14-13-19-11-12-20-7-3-4-8-21(20)15-19)17-23(27)18-30-24-10-6-5-9-22(24)16-25(28)29;1-2-6-4-7(3-1)5-6;/h3-12,15,23,27H,13-14,16-18H2,1-2H3;1-4H,5H2;1H/p+1. The van der Waals surface area contributed by atoms with E-state index in [1.165, 1.54) is 33.9 Å². The number of carboxylic acid groups (broad SMARTS) is 1. The zero-order chi connectivity index (χ0) is 26.3. The van der Waals surface area contributed by atoms with Crippen molar-refractivity contribution in [2.24, 2.45) is 0 Å². The van der Waals surface area contributed by atoms with Crippen LogP contribution in [-0.4, -0.2) is 60.6 Å². The summed E-state index contributed by atoms with van der Waals surface area (Å²) in [4.78, 5) is 11.0. The molecule has 2 N–H and O–H groups in total. The quantitative estimate of drug-likeness (QED) is 0.231. The molecule has 1 atom stereocenters. The van der Waals surface area contributed by atoms with E-state index in [1.54, 1.807) is 24.3 Å². The molecular formula is C32H37ClNO4+. The first-order chi connectivity index (χ1) is 17.8. The maximum atomic E-state index is 11.0. The highest BCUT2D eigenvalue weighted by atomic mass is 35.5. The van der Waals surface area contributed by atoms with Gasteiger partial charge < -0.3 is 19.4 Å². The molecule has 0 radical (unpaired) electrons. The molecule has 4 aromatic carbocycles. The van der Waals surface area contributed by atoms with Crippen molar-refractivity contribution in [3.8, 4) is 5.75 Å². The normalized spacial score (nSPS) is 12.4. The third-order valence-corrected chi connectivity index (χ3v) is 6.67. The Morgan fingerprint density at radius 1 is 0.895 bits per heavy atom. The summed E-state index contributed by atoms with van der Waals surface area (Å²) in [6, 6.07) is 30.6. The number of halogens is 1. The van der Waals surface area contributed by atoms with E-state index in [0.29, 0.717) is 22.3 Å². The average molecular weight is 535 g/mol. The van der Waals surface area contributed by atoms with Gasteiger partial charge in [-0.05, 0) is 39.9 Å². The number of para-hydroxylation sites is 1. The van der Waals surface area contributed by atoms with Gasteiger partial charge in [0.15, 0.2) is 0 Å². The third kappa shape index (κ3) is 8.59. The van der Waals surface area contributed by atoms with Gasteiger partial charge in [0.25, 0.3) is 0 Å². The van der Waals surface area contributed by atoms with Crippen molar-refractivity contribution in [3.63, 3.8) is 0 Å². The van der Waals surface area contributed by atoms with E-state index in [-0.39, 0.29) is 25.4 Å². The van der Waals surface area contributed by atoms with E-state index in [2.05, 4.69) is 74.8 Å². The zero-order valence-corrected chi connectivity index (χ0v) is 22.9. The molecule has 0 heterocycles. The van der Waals surface area contributed by atoms with Gasteiger partial charge in [0, 0.05) is 12.0 Å². The molecule has 2 bridgehead atoms. The molecule has 1 unspecified atom stereocenters. The first-order valence-corrected chi connectivity index (χ1v) is 12.8. The number of aliphatic hydroxyl groups excluding tert-OH is 1. The molecule has 0 aliphatic heterocycles. The van der Waals surface area contributed by atoms with Crippen molar-refractivity contribution in [2.45, 2.75) is 25.4 Å². The highest BCUT2D eigenvalue weighted by Gasteiger charge is 2.21. The van der Waals surface area contributed by atoms with Gasteiger partial charge in [-0.1, -0.05) is 84.9 Å². The van der Waals surface area contributed by atoms with Gasteiger partial charge in [0.05, 0.1) is 27.1 Å². The van der Waals surface area contributed by atoms with Crippen LogP contribution in [0.15, 0.2) is 91.0 Å². The summed E-state index contributed by atoms with van der Waals surface area (Å²) in [6.07, 6.45) is 1.40. The average Bonchev–Trinajstić information content (AvgIpc) is 2.87. The molecule has 0 spiro atoms. The summed E-state index contributed by atoms with van der Waals surface area (Å²) in [5.74, 6) is -0.390. The van der Waals surface area contributed by atoms with Crippen molar-refractivity contribution >= 4 is 29.1 Å². The molecule has 2 aliphatic rings. The van der Waals surface area contributed by atoms with Crippen LogP contribution in [0.2, 0.25) is 0 Å². The monoisotopic (exact) mass is 534 g/mol. The fraction of sp³-hybridized carbons (Fsp3) is 0.281. The molecule has 4 aromatic rings. The second-order valence-electron chi connectivity index (χ2n) is 10.4. The number of hydrogen-bond donors (Lipinski definition) is 2. The van der Waals surface area contributed by atoms with Gasteiger partial charge in [0.1, 0.15) is 25.0 Å². The number of quaternary nitrogens is 1. The van der Waals surface area contributed by atoms with Crippen molar-refractivity contribution in [3.05, 3.63) is 113 Å². The first-order valence-electron chi connectivity index (χ1n) is 12.8. The Labute approximate surface area is 231 Å². The maximum Gasteiger partial charge on any atom is 0.307 e. The van der Waals surface area contributed by atoms with Crippen molar-refractivity contribution in [2.75, 3.05) is 33.8 Å². The zero-order valence-electron chi connectivity index (χ0n) is 22.0. The highest BCUT2D eigenvalue weighted by Crippen LogP contribution is 2.20. The van der Waals surface area contributed by atoms with Crippen LogP contribution in [0.5, 0.6) is 5.75 Å². The molecule has 0 fully saturated rings. The van der Waals surface area contributed by atoms with E-state index in [4.69, 9.17) is 9.84 Å². The van der Waals surface area contributed by atoms with E-state index in [1.807, 2.05) is 6.07 Å². The van der Waals surface area contributed by atoms with Crippen LogP contribution < -0.4 is 4.74 Å². The number of aliphatic hydroxyl groups is 1. The SMILES string of the molecule is C[N+](C)(CCc1ccc2ccccc2c1)CC(O)COc1ccccc1CC(=O)O.Cl.c1cc2cc(c1)C2. The fourth-order valence-electron chi connectivity index (χ4n) is 4.63. The predicted octanol–water partition coefficient (Wildman–Crippen LogP) is 5.54. The van der Waals surface area contributed by atoms with E-state index < -0.39 is 12.1 Å². The molecule has 5 nitrogen and oxygen atoms in total. The number of fused-ring (bicyclic) bond motifs is 3. The number of nitrogens with zero attached hydrogens (tertiary/aromatic N) is 1. The molecule has 0 amide bonds. The summed E-state index contributed by atoms with van der Waals surface area (Å²) in [5.41, 5.74) is 4.87. The lowest BCUT2D eigenvalue weighted by Gasteiger charge is -2.32. The van der Waals surface area contributed by atoms with Gasteiger partial charge in [0.2, 0.25) is 0 Å². The topological polar surface area (TPSA) is 66.8 Å². The van der Waals surface area contributed by atoms with E-state index in [9.17, 15) is 9.90 Å². The van der Waals surface area contributed by atoms with E-state index >= 15 is 0 Å². The number of rotatable bonds is 10. The van der Waals surface area contributed by atoms with Gasteiger partial charge in [-0.3, -0.25) is 4.79 Å². The minimum atomic E-state index is -0.905. The summed E-state index contributed by atoms with van der Waals surface area (Å²) in [6.45, 7) is 1.58. The number of carbonyl (C=O) groups is 1. The number of aliphatic carboxylic acids is 1. The lowest BCUT2D eigenvalue weighted by atomic mass is 9.94. The highest BCUT2D eigenvalue weighted by molar-refractivity contribution is 5.85. The minimum absolute atomic E-state index is 0. The molecular weight excluding hydrogens is 498 g/mol. The lowest BCUT2D eigenvalue weighted by molar-refractivity contribution is -0.893. The molecule has 0 saturated heterocycles. The largest absolute Gasteiger partial charge is 0.490 e. The van der Waals surface area contributed by atoms with Crippen molar-refractivity contribution < 1.29 is 24.2 Å². The van der Waals surface area contributed by atoms with Crippen molar-refractivity contribution in [1.29, 1.82) is 0 Å². The molecule has 6 rings (SSSR count). The number of ether oxygens (including phenoxy) is 1. The Balaban J connectivity index is 0.000000426. The van der Waals surface area contributed by atoms with Crippen LogP contribution in [0.3, 0.4) is 0 Å². The molecule has 38 heavy (non-hydrogen) atoms. The fourth-order valence-corrected chi connectivity index (χ4v) is 4.63. The van der Waals surface area contributed by atoms with Gasteiger partial charge in [-0.25, -0.2) is 0 Å². The van der Waals surface area contributed by atoms with Crippen LogP contribution in [0.1, 0.15) is 22.3 Å². The molecule has 0 aromatic heterocycles. The van der Waals surface area contributed by atoms with Crippen LogP contribution in [-0.2, 0) is 24.1 Å². The van der Waals surface area contributed by atoms with Crippen LogP contribution in [0.25, 0.3) is 10.8 Å². The minimum Gasteiger partial charge on any atom is -0.490 e. The van der Waals surface area contributed by atoms with Gasteiger partial charge in [-0.15, -0.1) is 12.4 Å². The van der Waals surface area contributed by atoms with Gasteiger partial charge in [-0.2, -0.15) is 0 Å². The smallest absolute Gasteiger partial charge is 0.307 e. The van der Waals surface area contributed by atoms with E-state index in [0.717, 1.165) is 13.0 Å². The maximum absolute atomic E-state index is 11.0. The summed E-state index contributed by atoms with van der Waals surface area (Å²) >= 11 is 0. The number of likely N-dealkylation sites (N-methyl/N-ethyl adjacent to an activating group) is 1. The van der Waals surface area contributed by atoms with Gasteiger partial charge >= 0.3 is 5.97 Å². The molecule has 200 valence electrons. The Morgan fingerprint density at radius 2 is 1.55 bits per heavy atom. The van der Waals surface area contributed by atoms with Crippen molar-refractivity contribution in [1.82, 2.24) is 0 Å². The van der Waals surface area contributed by atoms with Crippen LogP contribution in [0.4, 0.5) is 0 Å². The molecule has 2 aliphatic carbocycles. The number of benzene rings is 4. The van der Waals surface area contributed by atoms with Crippen LogP contribution >= 0.6 is 12.4 Å². The lowest BCUT2D eigenvalue weighted by Crippen LogP contribution is -2.48. The predicted molar refractivity (Wildman–Crippen MR) is 155 cm³/mol. The Kier molecular flexibility index (Phi) is 10.3. The molecule has 6 heteroatoms. The first kappa shape index (κ1) is 29.2. The second kappa shape index (κ2) is 13.4. The van der Waals surface area contributed by atoms with Crippen LogP contribution in [0, 0.1) is 0 Å². The molecule has 0 saturated carbocycles.